The highest BCUT2D eigenvalue weighted by Gasteiger charge is 2.26. The van der Waals surface area contributed by atoms with Crippen molar-refractivity contribution in [2.45, 2.75) is 81.4 Å². The monoisotopic (exact) mass is 1420 g/mol. The number of thioether (sulfide) groups is 1. The number of aliphatic imine (C=N–C) groups is 2. The minimum atomic E-state index is -3.81. The Morgan fingerprint density at radius 1 is 0.686 bits per heavy atom. The Hall–Kier alpha value is -6.90. The number of benzene rings is 3. The molecule has 3 aliphatic heterocycles. The van der Waals surface area contributed by atoms with E-state index in [1.54, 1.807) is 110 Å². The van der Waals surface area contributed by atoms with Crippen molar-refractivity contribution in [1.82, 2.24) is 48.5 Å². The Balaban J connectivity index is 0.000000146. The van der Waals surface area contributed by atoms with Crippen molar-refractivity contribution in [3.63, 3.8) is 0 Å². The summed E-state index contributed by atoms with van der Waals surface area (Å²) in [5.74, 6) is 0. The number of hydrogen-bond donors (Lipinski definition) is 4. The molecular formula is C62H61Br3N12O5S4. The molecule has 13 rings (SSSR count). The third-order valence-electron chi connectivity index (χ3n) is 13.9. The second kappa shape index (κ2) is 28.3. The van der Waals surface area contributed by atoms with Gasteiger partial charge >= 0.3 is 0 Å². The first-order valence-electron chi connectivity index (χ1n) is 26.8. The van der Waals surface area contributed by atoms with Gasteiger partial charge in [0.15, 0.2) is 21.6 Å². The highest BCUT2D eigenvalue weighted by molar-refractivity contribution is 9.11. The minimum absolute atomic E-state index is 0. The summed E-state index contributed by atoms with van der Waals surface area (Å²) in [6.07, 6.45) is 26.3. The zero-order chi connectivity index (χ0) is 59.8. The lowest BCUT2D eigenvalue weighted by molar-refractivity contribution is 0.125. The van der Waals surface area contributed by atoms with Crippen LogP contribution >= 0.6 is 71.8 Å². The van der Waals surface area contributed by atoms with Crippen molar-refractivity contribution in [2.75, 3.05) is 12.9 Å². The molecule has 3 aromatic carbocycles. The minimum Gasteiger partial charge on any atom is -0.379 e. The van der Waals surface area contributed by atoms with E-state index in [9.17, 15) is 16.8 Å². The van der Waals surface area contributed by atoms with E-state index in [2.05, 4.69) is 136 Å². The Kier molecular flexibility index (Phi) is 20.9. The first-order chi connectivity index (χ1) is 40.9. The smallest absolute Gasteiger partial charge is 0.269 e. The van der Waals surface area contributed by atoms with E-state index in [1.807, 2.05) is 62.9 Å². The molecule has 1 saturated heterocycles. The van der Waals surface area contributed by atoms with Crippen molar-refractivity contribution >= 4 is 149 Å². The van der Waals surface area contributed by atoms with Gasteiger partial charge in [0, 0.05) is 120 Å². The number of allylic oxidation sites excluding steroid dienone is 2. The summed E-state index contributed by atoms with van der Waals surface area (Å²) in [4.78, 5) is 32.6. The maximum absolute atomic E-state index is 13.3. The normalized spacial score (nSPS) is 16.3. The molecule has 4 N–H and O–H groups in total. The van der Waals surface area contributed by atoms with E-state index in [4.69, 9.17) is 17.0 Å². The largest absolute Gasteiger partial charge is 0.379 e. The third-order valence-corrected chi connectivity index (χ3v) is 19.4. The number of ether oxygens (including phenoxy) is 1. The van der Waals surface area contributed by atoms with Crippen LogP contribution < -0.4 is 10.6 Å². The SMILES string of the molecule is Brc1cnc2[nH]cc(C3=CC=NC(CCc4ccccc4)N3)c2c1.C.CC1CCCO1.CSC1N=CC=C(c2cn(S(=O)(=O)c3ccc(C)cc3)c3ncc(Br)cc23)N1.Cc1ccc(S(=O)(=O)n2cc(-c3ccnc(=S)[nH]3)c3cc(Br)cnc32)cc1. The molecule has 1 fully saturated rings. The summed E-state index contributed by atoms with van der Waals surface area (Å²) < 4.78 is 63.5. The van der Waals surface area contributed by atoms with Gasteiger partial charge in [-0.25, -0.2) is 44.7 Å². The number of pyridine rings is 3. The Morgan fingerprint density at radius 2 is 1.24 bits per heavy atom. The molecule has 10 heterocycles. The van der Waals surface area contributed by atoms with Crippen LogP contribution in [0.3, 0.4) is 0 Å². The molecule has 444 valence electrons. The second-order valence-corrected chi connectivity index (χ2v) is 27.6. The van der Waals surface area contributed by atoms with E-state index in [1.165, 1.54) is 26.3 Å². The summed E-state index contributed by atoms with van der Waals surface area (Å²) in [5, 5.41) is 9.37. The predicted molar refractivity (Wildman–Crippen MR) is 361 cm³/mol. The first-order valence-corrected chi connectivity index (χ1v) is 33.8. The molecule has 86 heavy (non-hydrogen) atoms. The lowest BCUT2D eigenvalue weighted by Crippen LogP contribution is -2.29. The van der Waals surface area contributed by atoms with Gasteiger partial charge in [-0.1, -0.05) is 73.2 Å². The Labute approximate surface area is 534 Å². The summed E-state index contributed by atoms with van der Waals surface area (Å²) in [6.45, 7) is 6.93. The summed E-state index contributed by atoms with van der Waals surface area (Å²) in [7, 11) is -7.60. The van der Waals surface area contributed by atoms with Gasteiger partial charge in [-0.2, -0.15) is 0 Å². The van der Waals surface area contributed by atoms with Gasteiger partial charge in [-0.3, -0.25) is 9.98 Å². The van der Waals surface area contributed by atoms with Crippen molar-refractivity contribution in [3.05, 3.63) is 205 Å². The number of H-pyrrole nitrogens is 2. The predicted octanol–water partition coefficient (Wildman–Crippen LogP) is 14.6. The Bertz CT molecular complexity index is 4470. The van der Waals surface area contributed by atoms with Crippen LogP contribution in [0, 0.1) is 18.6 Å². The van der Waals surface area contributed by atoms with E-state index >= 15 is 0 Å². The van der Waals surface area contributed by atoms with Gasteiger partial charge in [-0.05, 0) is 179 Å². The summed E-state index contributed by atoms with van der Waals surface area (Å²) >= 11 is 17.0. The number of aryl methyl sites for hydroxylation is 3. The molecule has 0 amide bonds. The van der Waals surface area contributed by atoms with Gasteiger partial charge in [0.1, 0.15) is 11.8 Å². The van der Waals surface area contributed by atoms with Crippen LogP contribution in [0.4, 0.5) is 0 Å². The number of fused-ring (bicyclic) bond motifs is 3. The maximum Gasteiger partial charge on any atom is 0.269 e. The Morgan fingerprint density at radius 3 is 1.80 bits per heavy atom. The van der Waals surface area contributed by atoms with E-state index in [0.717, 1.165) is 82.9 Å². The van der Waals surface area contributed by atoms with Gasteiger partial charge in [0.2, 0.25) is 0 Å². The van der Waals surface area contributed by atoms with Crippen LogP contribution in [0.25, 0.3) is 55.8 Å². The topological polar surface area (TPSA) is 219 Å². The van der Waals surface area contributed by atoms with Crippen molar-refractivity contribution < 1.29 is 21.6 Å². The van der Waals surface area contributed by atoms with Crippen LogP contribution in [-0.2, 0) is 31.2 Å². The number of halogens is 3. The second-order valence-electron chi connectivity index (χ2n) is 19.9. The fourth-order valence-corrected chi connectivity index (χ4v) is 13.7. The molecule has 0 aliphatic carbocycles. The summed E-state index contributed by atoms with van der Waals surface area (Å²) in [5.41, 5.74) is 9.90. The number of rotatable bonds is 11. The quantitative estimate of drug-likeness (QED) is 0.0887. The van der Waals surface area contributed by atoms with Crippen LogP contribution in [0.15, 0.2) is 192 Å². The van der Waals surface area contributed by atoms with Gasteiger partial charge < -0.3 is 25.3 Å². The standard InChI is InChI=1S/C19H17BrN4O2S2.C19H17BrN4.C18H13BrN4O2S2.C5H10O.CH4/c1-12-3-5-14(6-4-12)28(25,26)24-11-16(15-9-13(20)10-22-18(15)24)17-7-8-21-19(23-17)27-2;20-14-10-15-16(12-23-19(15)22-11-14)17-8-9-21-18(24-17)7-6-13-4-2-1-3-5-13;1-11-2-4-13(5-3-11)27(24,25)23-10-15(16-6-7-20-18(26)22-16)14-8-12(19)9-21-17(14)23;1-5-3-2-4-6-5;/h3-11,19,23H,1-2H3;1-5,8-12,18,24H,6-7H2,(H,22,23);2-10H,1H3,(H,20,22,26);5H,2-4H2,1H3;1H4. The molecule has 3 atom stereocenters. The lowest BCUT2D eigenvalue weighted by Gasteiger charge is -2.21. The van der Waals surface area contributed by atoms with Gasteiger partial charge in [0.25, 0.3) is 20.0 Å². The zero-order valence-corrected chi connectivity index (χ0v) is 54.3. The molecule has 17 nitrogen and oxygen atoms in total. The van der Waals surface area contributed by atoms with Gasteiger partial charge in [0.05, 0.1) is 21.6 Å². The molecule has 24 heteroatoms. The van der Waals surface area contributed by atoms with Crippen molar-refractivity contribution in [3.8, 4) is 11.3 Å². The highest BCUT2D eigenvalue weighted by atomic mass is 79.9. The molecule has 0 spiro atoms. The number of nitrogens with zero attached hydrogens (tertiary/aromatic N) is 8. The number of hydrogen-bond acceptors (Lipinski definition) is 15. The number of aromatic amines is 2. The molecule has 0 saturated carbocycles. The van der Waals surface area contributed by atoms with E-state index in [0.29, 0.717) is 38.8 Å². The number of nitrogens with one attached hydrogen (secondary N) is 4. The van der Waals surface area contributed by atoms with Crippen LogP contribution in [0.2, 0.25) is 0 Å². The fraction of sp³-hybridized carbons (Fsp3) is 0.210. The molecule has 0 bridgehead atoms. The average molecular weight is 1420 g/mol. The number of aromatic nitrogens is 8. The first kappa shape index (κ1) is 63.6. The van der Waals surface area contributed by atoms with Crippen molar-refractivity contribution in [2.24, 2.45) is 9.98 Å². The van der Waals surface area contributed by atoms with Gasteiger partial charge in [-0.15, -0.1) is 11.8 Å². The molecular weight excluding hydrogens is 1360 g/mol. The highest BCUT2D eigenvalue weighted by Crippen LogP contribution is 2.35. The molecule has 3 unspecified atom stereocenters. The fourth-order valence-electron chi connectivity index (χ4n) is 9.47. The van der Waals surface area contributed by atoms with Crippen molar-refractivity contribution in [1.29, 1.82) is 0 Å². The molecule has 7 aromatic heterocycles. The molecule has 10 aromatic rings. The van der Waals surface area contributed by atoms with Crippen LogP contribution in [-0.4, -0.2) is 97.7 Å². The lowest BCUT2D eigenvalue weighted by atomic mass is 10.1. The molecule has 3 aliphatic rings. The van der Waals surface area contributed by atoms with Crippen LogP contribution in [0.1, 0.15) is 61.4 Å². The maximum atomic E-state index is 13.3. The summed E-state index contributed by atoms with van der Waals surface area (Å²) in [6, 6.07) is 31.6. The third kappa shape index (κ3) is 14.9. The zero-order valence-electron chi connectivity index (χ0n) is 46.3. The average Bonchev–Trinajstić information content (AvgIpc) is 1.70. The van der Waals surface area contributed by atoms with E-state index in [-0.39, 0.29) is 28.9 Å². The molecule has 0 radical (unpaired) electrons. The van der Waals surface area contributed by atoms with Crippen LogP contribution in [0.5, 0.6) is 0 Å². The van der Waals surface area contributed by atoms with E-state index < -0.39 is 20.0 Å².